The van der Waals surface area contributed by atoms with E-state index in [-0.39, 0.29) is 11.7 Å². The average Bonchev–Trinajstić information content (AvgIpc) is 2.92. The maximum atomic E-state index is 12.1. The lowest BCUT2D eigenvalue weighted by atomic mass is 10.2. The molecular weight excluding hydrogens is 355 g/mol. The van der Waals surface area contributed by atoms with E-state index in [4.69, 9.17) is 27.6 Å². The molecule has 1 aromatic heterocycles. The number of halogens is 2. The first kappa shape index (κ1) is 16.2. The van der Waals surface area contributed by atoms with Gasteiger partial charge in [0.1, 0.15) is 5.52 Å². The second-order valence-corrected chi connectivity index (χ2v) is 6.61. The second kappa shape index (κ2) is 6.83. The summed E-state index contributed by atoms with van der Waals surface area (Å²) in [5.41, 5.74) is 2.85. The molecule has 0 unspecified atom stereocenters. The third kappa shape index (κ3) is 3.80. The molecule has 0 saturated carbocycles. The van der Waals surface area contributed by atoms with Crippen molar-refractivity contribution in [2.75, 3.05) is 11.1 Å². The summed E-state index contributed by atoms with van der Waals surface area (Å²) in [6.07, 6.45) is 0. The van der Waals surface area contributed by atoms with E-state index in [1.165, 1.54) is 11.8 Å². The molecule has 0 spiro atoms. The normalized spacial score (nSPS) is 10.9. The average molecular weight is 367 g/mol. The summed E-state index contributed by atoms with van der Waals surface area (Å²) in [7, 11) is 0. The molecule has 0 radical (unpaired) electrons. The number of fused-ring (bicyclic) bond motifs is 1. The standard InChI is InChI=1S/C16H12Cl2N2O2S/c1-9-11(18)3-2-4-12(9)19-15(21)8-23-16-20-13-7-10(17)5-6-14(13)22-16/h2-7H,8H2,1H3,(H,19,21). The van der Waals surface area contributed by atoms with Crippen LogP contribution in [0, 0.1) is 6.92 Å². The lowest BCUT2D eigenvalue weighted by Crippen LogP contribution is -2.14. The van der Waals surface area contributed by atoms with Crippen LogP contribution in [-0.2, 0) is 4.79 Å². The van der Waals surface area contributed by atoms with Crippen molar-refractivity contribution in [2.45, 2.75) is 12.1 Å². The quantitative estimate of drug-likeness (QED) is 0.646. The first-order chi connectivity index (χ1) is 11.0. The van der Waals surface area contributed by atoms with Crippen molar-refractivity contribution in [3.8, 4) is 0 Å². The first-order valence-electron chi connectivity index (χ1n) is 6.77. The molecule has 1 amide bonds. The lowest BCUT2D eigenvalue weighted by Gasteiger charge is -2.08. The van der Waals surface area contributed by atoms with Crippen molar-refractivity contribution in [3.63, 3.8) is 0 Å². The van der Waals surface area contributed by atoms with Crippen molar-refractivity contribution < 1.29 is 9.21 Å². The number of rotatable bonds is 4. The third-order valence-corrected chi connectivity index (χ3v) is 4.67. The van der Waals surface area contributed by atoms with E-state index in [2.05, 4.69) is 10.3 Å². The van der Waals surface area contributed by atoms with E-state index in [1.54, 1.807) is 30.3 Å². The molecule has 23 heavy (non-hydrogen) atoms. The fourth-order valence-corrected chi connectivity index (χ4v) is 2.98. The van der Waals surface area contributed by atoms with Crippen LogP contribution < -0.4 is 5.32 Å². The number of nitrogens with zero attached hydrogens (tertiary/aromatic N) is 1. The van der Waals surface area contributed by atoms with Crippen LogP contribution in [0.15, 0.2) is 46.0 Å². The zero-order valence-electron chi connectivity index (χ0n) is 12.1. The zero-order valence-corrected chi connectivity index (χ0v) is 14.4. The molecule has 0 aliphatic heterocycles. The van der Waals surface area contributed by atoms with Crippen molar-refractivity contribution in [3.05, 3.63) is 52.0 Å². The summed E-state index contributed by atoms with van der Waals surface area (Å²) in [6, 6.07) is 10.6. The third-order valence-electron chi connectivity index (χ3n) is 3.20. The highest BCUT2D eigenvalue weighted by Crippen LogP contribution is 2.26. The minimum Gasteiger partial charge on any atom is -0.431 e. The van der Waals surface area contributed by atoms with Gasteiger partial charge in [0.05, 0.1) is 5.75 Å². The molecule has 0 atom stereocenters. The van der Waals surface area contributed by atoms with Gasteiger partial charge in [0, 0.05) is 15.7 Å². The first-order valence-corrected chi connectivity index (χ1v) is 8.51. The maximum absolute atomic E-state index is 12.1. The monoisotopic (exact) mass is 366 g/mol. The largest absolute Gasteiger partial charge is 0.431 e. The highest BCUT2D eigenvalue weighted by molar-refractivity contribution is 7.99. The predicted octanol–water partition coefficient (Wildman–Crippen LogP) is 5.17. The number of nitrogens with one attached hydrogen (secondary N) is 1. The van der Waals surface area contributed by atoms with Crippen LogP contribution in [0.25, 0.3) is 11.1 Å². The van der Waals surface area contributed by atoms with Crippen LogP contribution in [0.4, 0.5) is 5.69 Å². The lowest BCUT2D eigenvalue weighted by molar-refractivity contribution is -0.113. The Labute approximate surface area is 147 Å². The number of aromatic nitrogens is 1. The van der Waals surface area contributed by atoms with Crippen molar-refractivity contribution >= 4 is 57.7 Å². The van der Waals surface area contributed by atoms with Gasteiger partial charge >= 0.3 is 0 Å². The number of amides is 1. The van der Waals surface area contributed by atoms with Crippen molar-refractivity contribution in [1.29, 1.82) is 0 Å². The Kier molecular flexibility index (Phi) is 4.80. The van der Waals surface area contributed by atoms with Gasteiger partial charge in [0.25, 0.3) is 5.22 Å². The van der Waals surface area contributed by atoms with Gasteiger partial charge in [0.2, 0.25) is 5.91 Å². The summed E-state index contributed by atoms with van der Waals surface area (Å²) in [4.78, 5) is 16.3. The molecule has 3 aromatic rings. The molecule has 2 aromatic carbocycles. The highest BCUT2D eigenvalue weighted by Gasteiger charge is 2.11. The maximum Gasteiger partial charge on any atom is 0.257 e. The highest BCUT2D eigenvalue weighted by atomic mass is 35.5. The fourth-order valence-electron chi connectivity index (χ4n) is 2.00. The fraction of sp³-hybridized carbons (Fsp3) is 0.125. The van der Waals surface area contributed by atoms with E-state index in [0.29, 0.717) is 32.1 Å². The topological polar surface area (TPSA) is 55.1 Å². The van der Waals surface area contributed by atoms with E-state index in [9.17, 15) is 4.79 Å². The minimum absolute atomic E-state index is 0.152. The number of hydrogen-bond donors (Lipinski definition) is 1. The Bertz CT molecular complexity index is 880. The Morgan fingerprint density at radius 3 is 2.96 bits per heavy atom. The smallest absolute Gasteiger partial charge is 0.257 e. The van der Waals surface area contributed by atoms with Gasteiger partial charge in [-0.2, -0.15) is 0 Å². The van der Waals surface area contributed by atoms with Gasteiger partial charge in [0.15, 0.2) is 5.58 Å². The van der Waals surface area contributed by atoms with Gasteiger partial charge in [-0.1, -0.05) is 41.0 Å². The number of benzene rings is 2. The zero-order chi connectivity index (χ0) is 16.4. The summed E-state index contributed by atoms with van der Waals surface area (Å²) in [5, 5.41) is 4.47. The minimum atomic E-state index is -0.152. The van der Waals surface area contributed by atoms with Crippen molar-refractivity contribution in [2.24, 2.45) is 0 Å². The molecule has 1 heterocycles. The Balaban J connectivity index is 1.65. The molecule has 0 aliphatic carbocycles. The van der Waals surface area contributed by atoms with E-state index < -0.39 is 0 Å². The van der Waals surface area contributed by atoms with Crippen LogP contribution in [0.1, 0.15) is 5.56 Å². The van der Waals surface area contributed by atoms with Gasteiger partial charge in [-0.25, -0.2) is 4.98 Å². The van der Waals surface area contributed by atoms with E-state index in [1.807, 2.05) is 13.0 Å². The van der Waals surface area contributed by atoms with Gasteiger partial charge in [-0.15, -0.1) is 0 Å². The molecule has 0 fully saturated rings. The predicted molar refractivity (Wildman–Crippen MR) is 94.6 cm³/mol. The van der Waals surface area contributed by atoms with Gasteiger partial charge < -0.3 is 9.73 Å². The molecule has 0 aliphatic rings. The number of thioether (sulfide) groups is 1. The van der Waals surface area contributed by atoms with Crippen LogP contribution in [0.3, 0.4) is 0 Å². The molecular formula is C16H12Cl2N2O2S. The van der Waals surface area contributed by atoms with Crippen LogP contribution in [-0.4, -0.2) is 16.6 Å². The van der Waals surface area contributed by atoms with Gasteiger partial charge in [-0.3, -0.25) is 4.79 Å². The second-order valence-electron chi connectivity index (χ2n) is 4.84. The van der Waals surface area contributed by atoms with Crippen molar-refractivity contribution in [1.82, 2.24) is 4.98 Å². The number of carbonyl (C=O) groups is 1. The molecule has 7 heteroatoms. The number of anilines is 1. The molecule has 4 nitrogen and oxygen atoms in total. The van der Waals surface area contributed by atoms with Crippen LogP contribution in [0.5, 0.6) is 0 Å². The molecule has 0 saturated heterocycles. The molecule has 3 rings (SSSR count). The molecule has 0 bridgehead atoms. The van der Waals surface area contributed by atoms with E-state index in [0.717, 1.165) is 5.56 Å². The number of oxazole rings is 1. The summed E-state index contributed by atoms with van der Waals surface area (Å²) < 4.78 is 5.56. The van der Waals surface area contributed by atoms with Crippen LogP contribution >= 0.6 is 35.0 Å². The Morgan fingerprint density at radius 2 is 2.13 bits per heavy atom. The SMILES string of the molecule is Cc1c(Cl)cccc1NC(=O)CSc1nc2cc(Cl)ccc2o1. The summed E-state index contributed by atoms with van der Waals surface area (Å²) in [5.74, 6) is 0.0348. The Hall–Kier alpha value is -1.69. The van der Waals surface area contributed by atoms with E-state index >= 15 is 0 Å². The number of hydrogen-bond acceptors (Lipinski definition) is 4. The Morgan fingerprint density at radius 1 is 1.30 bits per heavy atom. The van der Waals surface area contributed by atoms with Crippen LogP contribution in [0.2, 0.25) is 10.0 Å². The molecule has 1 N–H and O–H groups in total. The summed E-state index contributed by atoms with van der Waals surface area (Å²) >= 11 is 13.2. The summed E-state index contributed by atoms with van der Waals surface area (Å²) in [6.45, 7) is 1.86. The van der Waals surface area contributed by atoms with Gasteiger partial charge in [-0.05, 0) is 42.8 Å². The molecule has 118 valence electrons. The number of carbonyl (C=O) groups excluding carboxylic acids is 1.